The Bertz CT molecular complexity index is 898. The lowest BCUT2D eigenvalue weighted by molar-refractivity contribution is -0.146. The molecule has 0 aliphatic rings. The Kier molecular flexibility index (Phi) is 12.1. The molecule has 0 radical (unpaired) electrons. The summed E-state index contributed by atoms with van der Waals surface area (Å²) in [4.78, 5) is 42.5. The largest absolute Gasteiger partial charge is 0.444 e. The molecule has 7 nitrogen and oxygen atoms in total. The van der Waals surface area contributed by atoms with Crippen molar-refractivity contribution in [1.29, 1.82) is 0 Å². The highest BCUT2D eigenvalue weighted by atomic mass is 16.6. The third-order valence-electron chi connectivity index (χ3n) is 6.01. The summed E-state index contributed by atoms with van der Waals surface area (Å²) < 4.78 is 5.46. The highest BCUT2D eigenvalue weighted by molar-refractivity contribution is 5.92. The van der Waals surface area contributed by atoms with Crippen molar-refractivity contribution in [2.24, 2.45) is 11.8 Å². The maximum absolute atomic E-state index is 14.3. The second-order valence-electron chi connectivity index (χ2n) is 12.4. The van der Waals surface area contributed by atoms with E-state index in [1.54, 1.807) is 25.7 Å². The van der Waals surface area contributed by atoms with Gasteiger partial charge in [0.15, 0.2) is 0 Å². The third-order valence-corrected chi connectivity index (χ3v) is 6.01. The molecule has 0 aliphatic heterocycles. The molecule has 3 amide bonds. The number of hydrogen-bond acceptors (Lipinski definition) is 4. The van der Waals surface area contributed by atoms with Gasteiger partial charge in [0.1, 0.15) is 17.7 Å². The molecule has 37 heavy (non-hydrogen) atoms. The number of ether oxygens (including phenoxy) is 1. The van der Waals surface area contributed by atoms with Gasteiger partial charge in [0.2, 0.25) is 11.8 Å². The lowest BCUT2D eigenvalue weighted by Crippen LogP contribution is -2.57. The van der Waals surface area contributed by atoms with E-state index < -0.39 is 23.8 Å². The van der Waals surface area contributed by atoms with Crippen molar-refractivity contribution in [1.82, 2.24) is 15.5 Å². The topological polar surface area (TPSA) is 87.7 Å². The predicted octanol–water partition coefficient (Wildman–Crippen LogP) is 6.07. The zero-order valence-electron chi connectivity index (χ0n) is 25.2. The number of benzene rings is 1. The summed E-state index contributed by atoms with van der Waals surface area (Å²) in [5.74, 6) is -0.290. The molecule has 0 heterocycles. The van der Waals surface area contributed by atoms with E-state index in [2.05, 4.69) is 30.5 Å². The molecule has 1 aromatic rings. The fraction of sp³-hybridized carbons (Fsp3) is 0.700. The lowest BCUT2D eigenvalue weighted by Gasteiger charge is -2.40. The van der Waals surface area contributed by atoms with E-state index in [4.69, 9.17) is 4.74 Å². The van der Waals surface area contributed by atoms with E-state index in [1.165, 1.54) is 0 Å². The highest BCUT2D eigenvalue weighted by Crippen LogP contribution is 2.30. The molecule has 3 unspecified atom stereocenters. The average Bonchev–Trinajstić information content (AvgIpc) is 2.70. The van der Waals surface area contributed by atoms with Crippen LogP contribution in [0.3, 0.4) is 0 Å². The SMILES string of the molecule is Cc1cc(C)cc(C(C(=O)NC(C)C)N(C(=O)C(NC(=O)OC(C)(C)C)C(C)C)C(C)CCC(C)C)c1. The van der Waals surface area contributed by atoms with E-state index in [0.29, 0.717) is 5.92 Å². The van der Waals surface area contributed by atoms with E-state index in [0.717, 1.165) is 29.5 Å². The molecule has 1 rings (SSSR count). The maximum Gasteiger partial charge on any atom is 0.408 e. The maximum atomic E-state index is 14.3. The van der Waals surface area contributed by atoms with Crippen LogP contribution in [-0.2, 0) is 14.3 Å². The number of carbonyl (C=O) groups is 3. The summed E-state index contributed by atoms with van der Waals surface area (Å²) in [5.41, 5.74) is 2.11. The van der Waals surface area contributed by atoms with Crippen LogP contribution in [0.2, 0.25) is 0 Å². The molecule has 0 fully saturated rings. The second-order valence-corrected chi connectivity index (χ2v) is 12.4. The number of hydrogen-bond donors (Lipinski definition) is 2. The van der Waals surface area contributed by atoms with Gasteiger partial charge in [-0.05, 0) is 85.6 Å². The molecule has 210 valence electrons. The van der Waals surface area contributed by atoms with E-state index in [-0.39, 0.29) is 29.8 Å². The first kappa shape index (κ1) is 32.5. The first-order valence-corrected chi connectivity index (χ1v) is 13.6. The monoisotopic (exact) mass is 517 g/mol. The Morgan fingerprint density at radius 2 is 1.41 bits per heavy atom. The van der Waals surface area contributed by atoms with Crippen LogP contribution in [0.15, 0.2) is 18.2 Å². The first-order chi connectivity index (χ1) is 16.9. The van der Waals surface area contributed by atoms with Crippen LogP contribution >= 0.6 is 0 Å². The van der Waals surface area contributed by atoms with Crippen LogP contribution in [-0.4, -0.2) is 46.5 Å². The molecule has 0 aromatic heterocycles. The minimum absolute atomic E-state index is 0.0930. The molecule has 0 aliphatic carbocycles. The molecule has 3 atom stereocenters. The Hall–Kier alpha value is -2.57. The Labute approximate surface area is 225 Å². The van der Waals surface area contributed by atoms with Gasteiger partial charge in [0, 0.05) is 12.1 Å². The quantitative estimate of drug-likeness (QED) is 0.373. The van der Waals surface area contributed by atoms with Crippen LogP contribution in [0, 0.1) is 25.7 Å². The number of nitrogens with one attached hydrogen (secondary N) is 2. The smallest absolute Gasteiger partial charge is 0.408 e. The number of alkyl carbamates (subject to hydrolysis) is 1. The third kappa shape index (κ3) is 10.7. The van der Waals surface area contributed by atoms with Crippen molar-refractivity contribution in [3.8, 4) is 0 Å². The van der Waals surface area contributed by atoms with Gasteiger partial charge in [-0.2, -0.15) is 0 Å². The molecular formula is C30H51N3O4. The number of amides is 3. The second kappa shape index (κ2) is 13.8. The molecule has 0 bridgehead atoms. The summed E-state index contributed by atoms with van der Waals surface area (Å²) in [6, 6.07) is 3.98. The van der Waals surface area contributed by atoms with Crippen LogP contribution in [0.25, 0.3) is 0 Å². The summed E-state index contributed by atoms with van der Waals surface area (Å²) in [7, 11) is 0. The van der Waals surface area contributed by atoms with Crippen LogP contribution < -0.4 is 10.6 Å². The van der Waals surface area contributed by atoms with Gasteiger partial charge in [0.05, 0.1) is 0 Å². The Balaban J connectivity index is 3.66. The fourth-order valence-electron chi connectivity index (χ4n) is 4.39. The summed E-state index contributed by atoms with van der Waals surface area (Å²) in [6.07, 6.45) is 0.989. The van der Waals surface area contributed by atoms with Crippen molar-refractivity contribution >= 4 is 17.9 Å². The summed E-state index contributed by atoms with van der Waals surface area (Å²) in [5, 5.41) is 5.83. The van der Waals surface area contributed by atoms with Gasteiger partial charge in [-0.3, -0.25) is 9.59 Å². The summed E-state index contributed by atoms with van der Waals surface area (Å²) >= 11 is 0. The van der Waals surface area contributed by atoms with Gasteiger partial charge < -0.3 is 20.3 Å². The number of aryl methyl sites for hydroxylation is 2. The van der Waals surface area contributed by atoms with Crippen molar-refractivity contribution in [3.05, 3.63) is 34.9 Å². The lowest BCUT2D eigenvalue weighted by atomic mass is 9.93. The van der Waals surface area contributed by atoms with Crippen molar-refractivity contribution in [3.63, 3.8) is 0 Å². The number of carbonyl (C=O) groups excluding carboxylic acids is 3. The predicted molar refractivity (Wildman–Crippen MR) is 150 cm³/mol. The number of nitrogens with zero attached hydrogens (tertiary/aromatic N) is 1. The van der Waals surface area contributed by atoms with Gasteiger partial charge in [-0.25, -0.2) is 4.79 Å². The van der Waals surface area contributed by atoms with Gasteiger partial charge in [0.25, 0.3) is 0 Å². The average molecular weight is 518 g/mol. The molecule has 0 saturated heterocycles. The molecule has 7 heteroatoms. The van der Waals surface area contributed by atoms with Gasteiger partial charge in [-0.15, -0.1) is 0 Å². The zero-order chi connectivity index (χ0) is 28.7. The minimum atomic E-state index is -0.850. The molecule has 0 spiro atoms. The van der Waals surface area contributed by atoms with Crippen LogP contribution in [0.1, 0.15) is 105 Å². The fourth-order valence-corrected chi connectivity index (χ4v) is 4.39. The van der Waals surface area contributed by atoms with E-state index in [9.17, 15) is 14.4 Å². The normalized spacial score (nSPS) is 14.4. The standard InChI is InChI=1S/C30H51N3O4/c1-18(2)13-14-23(9)33(28(35)25(19(3)4)32-29(36)37-30(10,11)12)26(27(34)31-20(5)6)24-16-21(7)15-22(8)17-24/h15-20,23,25-26H,13-14H2,1-12H3,(H,31,34)(H,32,36). The summed E-state index contributed by atoms with van der Waals surface area (Å²) in [6.45, 7) is 23.2. The van der Waals surface area contributed by atoms with E-state index in [1.807, 2.05) is 60.6 Å². The number of rotatable bonds is 11. The Morgan fingerprint density at radius 3 is 1.84 bits per heavy atom. The molecule has 1 aromatic carbocycles. The van der Waals surface area contributed by atoms with Crippen molar-refractivity contribution in [2.75, 3.05) is 0 Å². The molecule has 0 saturated carbocycles. The highest BCUT2D eigenvalue weighted by Gasteiger charge is 2.40. The molecule has 2 N–H and O–H groups in total. The van der Waals surface area contributed by atoms with Gasteiger partial charge >= 0.3 is 6.09 Å². The first-order valence-electron chi connectivity index (χ1n) is 13.6. The molecular weight excluding hydrogens is 466 g/mol. The zero-order valence-corrected chi connectivity index (χ0v) is 25.2. The van der Waals surface area contributed by atoms with Crippen LogP contribution in [0.4, 0.5) is 4.79 Å². The van der Waals surface area contributed by atoms with Crippen molar-refractivity contribution < 1.29 is 19.1 Å². The van der Waals surface area contributed by atoms with Crippen molar-refractivity contribution in [2.45, 2.75) is 126 Å². The van der Waals surface area contributed by atoms with Crippen LogP contribution in [0.5, 0.6) is 0 Å². The minimum Gasteiger partial charge on any atom is -0.444 e. The van der Waals surface area contributed by atoms with Gasteiger partial charge in [-0.1, -0.05) is 57.0 Å². The van der Waals surface area contributed by atoms with E-state index >= 15 is 0 Å². The Morgan fingerprint density at radius 1 is 0.865 bits per heavy atom.